The van der Waals surface area contributed by atoms with Crippen LogP contribution in [0.5, 0.6) is 0 Å². The van der Waals surface area contributed by atoms with Gasteiger partial charge in [0.05, 0.1) is 11.9 Å². The van der Waals surface area contributed by atoms with E-state index in [0.717, 1.165) is 43.9 Å². The molecule has 1 aliphatic rings. The zero-order valence-electron chi connectivity index (χ0n) is 14.8. The molecule has 3 aromatic rings. The molecule has 1 aliphatic heterocycles. The first kappa shape index (κ1) is 16.3. The van der Waals surface area contributed by atoms with Gasteiger partial charge in [0, 0.05) is 32.2 Å². The summed E-state index contributed by atoms with van der Waals surface area (Å²) in [5, 5.41) is 10.6. The van der Waals surface area contributed by atoms with Crippen molar-refractivity contribution in [2.45, 2.75) is 32.4 Å². The molecule has 0 spiro atoms. The summed E-state index contributed by atoms with van der Waals surface area (Å²) in [5.41, 5.74) is 3.46. The number of aliphatic hydroxyl groups is 1. The lowest BCUT2D eigenvalue weighted by molar-refractivity contribution is 0.0488. The van der Waals surface area contributed by atoms with Crippen molar-refractivity contribution in [2.75, 3.05) is 13.1 Å². The summed E-state index contributed by atoms with van der Waals surface area (Å²) < 4.78 is 4.10. The van der Waals surface area contributed by atoms with Crippen LogP contribution in [0.4, 0.5) is 0 Å². The molecule has 0 aromatic carbocycles. The largest absolute Gasteiger partial charge is 0.385 e. The number of aliphatic hydroxyl groups excluding tert-OH is 1. The molecule has 0 saturated carbocycles. The molecule has 4 heterocycles. The number of aromatic nitrogens is 4. The molecule has 6 heteroatoms. The number of nitrogens with zero attached hydrogens (tertiary/aromatic N) is 5. The molecule has 1 atom stereocenters. The SMILES string of the molecule is Cc1ccc2ncc(CN3CCC(C(O)c4nccn4C)CC3)n2c1. The Kier molecular flexibility index (Phi) is 4.31. The maximum atomic E-state index is 10.6. The van der Waals surface area contributed by atoms with Crippen molar-refractivity contribution in [1.29, 1.82) is 0 Å². The molecule has 3 aromatic heterocycles. The van der Waals surface area contributed by atoms with Gasteiger partial charge in [-0.1, -0.05) is 6.07 Å². The van der Waals surface area contributed by atoms with E-state index in [0.29, 0.717) is 0 Å². The van der Waals surface area contributed by atoms with Crippen LogP contribution in [0.3, 0.4) is 0 Å². The van der Waals surface area contributed by atoms with Crippen LogP contribution in [0.15, 0.2) is 36.9 Å². The van der Waals surface area contributed by atoms with E-state index in [1.54, 1.807) is 6.20 Å². The Balaban J connectivity index is 1.40. The molecule has 1 unspecified atom stereocenters. The van der Waals surface area contributed by atoms with Crippen LogP contribution in [-0.4, -0.2) is 42.0 Å². The molecule has 0 bridgehead atoms. The van der Waals surface area contributed by atoms with E-state index >= 15 is 0 Å². The number of hydrogen-bond donors (Lipinski definition) is 1. The fourth-order valence-corrected chi connectivity index (χ4v) is 3.78. The fraction of sp³-hybridized carbons (Fsp3) is 0.474. The van der Waals surface area contributed by atoms with E-state index in [1.807, 2.05) is 24.0 Å². The second-order valence-corrected chi connectivity index (χ2v) is 7.14. The van der Waals surface area contributed by atoms with Gasteiger partial charge in [0.15, 0.2) is 0 Å². The van der Waals surface area contributed by atoms with E-state index < -0.39 is 6.10 Å². The molecule has 0 amide bonds. The molecule has 25 heavy (non-hydrogen) atoms. The maximum absolute atomic E-state index is 10.6. The van der Waals surface area contributed by atoms with Gasteiger partial charge in [0.25, 0.3) is 0 Å². The Bertz CT molecular complexity index is 860. The molecule has 1 N–H and O–H groups in total. The van der Waals surface area contributed by atoms with Gasteiger partial charge in [0.2, 0.25) is 0 Å². The molecule has 0 aliphatic carbocycles. The van der Waals surface area contributed by atoms with Gasteiger partial charge in [0.1, 0.15) is 17.6 Å². The van der Waals surface area contributed by atoms with Crippen molar-refractivity contribution in [3.05, 3.63) is 54.0 Å². The second-order valence-electron chi connectivity index (χ2n) is 7.14. The van der Waals surface area contributed by atoms with Crippen LogP contribution in [-0.2, 0) is 13.6 Å². The summed E-state index contributed by atoms with van der Waals surface area (Å²) in [4.78, 5) is 11.2. The first-order valence-electron chi connectivity index (χ1n) is 8.92. The van der Waals surface area contributed by atoms with Gasteiger partial charge >= 0.3 is 0 Å². The topological polar surface area (TPSA) is 58.6 Å². The van der Waals surface area contributed by atoms with Crippen LogP contribution in [0.2, 0.25) is 0 Å². The van der Waals surface area contributed by atoms with Gasteiger partial charge in [-0.15, -0.1) is 0 Å². The van der Waals surface area contributed by atoms with Crippen LogP contribution in [0.25, 0.3) is 5.65 Å². The minimum Gasteiger partial charge on any atom is -0.385 e. The van der Waals surface area contributed by atoms with Crippen LogP contribution < -0.4 is 0 Å². The van der Waals surface area contributed by atoms with E-state index in [4.69, 9.17) is 0 Å². The Morgan fingerprint density at radius 1 is 1.24 bits per heavy atom. The van der Waals surface area contributed by atoms with Crippen LogP contribution >= 0.6 is 0 Å². The standard InChI is InChI=1S/C19H25N5O/c1-14-3-4-17-21-11-16(24(17)12-14)13-23-8-5-15(6-9-23)18(25)19-20-7-10-22(19)2/h3-4,7,10-12,15,18,25H,5-6,8-9,13H2,1-2H3. The monoisotopic (exact) mass is 339 g/mol. The number of likely N-dealkylation sites (tertiary alicyclic amines) is 1. The minimum atomic E-state index is -0.472. The van der Waals surface area contributed by atoms with Gasteiger partial charge in [-0.2, -0.15) is 0 Å². The van der Waals surface area contributed by atoms with Crippen molar-refractivity contribution >= 4 is 5.65 Å². The number of rotatable bonds is 4. The first-order valence-corrected chi connectivity index (χ1v) is 8.92. The Hall–Kier alpha value is -2.18. The average Bonchev–Trinajstić information content (AvgIpc) is 3.21. The van der Waals surface area contributed by atoms with E-state index in [1.165, 1.54) is 11.3 Å². The van der Waals surface area contributed by atoms with Crippen molar-refractivity contribution in [3.8, 4) is 0 Å². The quantitative estimate of drug-likeness (QED) is 0.792. The highest BCUT2D eigenvalue weighted by Gasteiger charge is 2.28. The second kappa shape index (κ2) is 6.61. The van der Waals surface area contributed by atoms with Gasteiger partial charge in [-0.25, -0.2) is 9.97 Å². The van der Waals surface area contributed by atoms with Crippen LogP contribution in [0, 0.1) is 12.8 Å². The normalized spacial score (nSPS) is 18.0. The highest BCUT2D eigenvalue weighted by atomic mass is 16.3. The minimum absolute atomic E-state index is 0.279. The first-order chi connectivity index (χ1) is 12.1. The summed E-state index contributed by atoms with van der Waals surface area (Å²) in [5.74, 6) is 1.05. The Morgan fingerprint density at radius 3 is 2.76 bits per heavy atom. The number of aryl methyl sites for hydroxylation is 2. The lowest BCUT2D eigenvalue weighted by Gasteiger charge is -2.33. The van der Waals surface area contributed by atoms with Gasteiger partial charge in [-0.3, -0.25) is 4.90 Å². The smallest absolute Gasteiger partial charge is 0.137 e. The average molecular weight is 339 g/mol. The molecular formula is C19H25N5O. The third-order valence-corrected chi connectivity index (χ3v) is 5.32. The Labute approximate surface area is 147 Å². The summed E-state index contributed by atoms with van der Waals surface area (Å²) >= 11 is 0. The number of piperidine rings is 1. The van der Waals surface area contributed by atoms with E-state index in [2.05, 4.69) is 44.5 Å². The maximum Gasteiger partial charge on any atom is 0.137 e. The number of fused-ring (bicyclic) bond motifs is 1. The fourth-order valence-electron chi connectivity index (χ4n) is 3.78. The van der Waals surface area contributed by atoms with Crippen molar-refractivity contribution in [1.82, 2.24) is 23.8 Å². The zero-order chi connectivity index (χ0) is 17.4. The lowest BCUT2D eigenvalue weighted by atomic mass is 9.90. The summed E-state index contributed by atoms with van der Waals surface area (Å²) in [7, 11) is 1.94. The third-order valence-electron chi connectivity index (χ3n) is 5.32. The van der Waals surface area contributed by atoms with Crippen molar-refractivity contribution < 1.29 is 5.11 Å². The summed E-state index contributed by atoms with van der Waals surface area (Å²) in [6.45, 7) is 4.99. The van der Waals surface area contributed by atoms with E-state index in [9.17, 15) is 5.11 Å². The Morgan fingerprint density at radius 2 is 2.04 bits per heavy atom. The van der Waals surface area contributed by atoms with E-state index in [-0.39, 0.29) is 5.92 Å². The predicted molar refractivity (Wildman–Crippen MR) is 96.1 cm³/mol. The highest BCUT2D eigenvalue weighted by Crippen LogP contribution is 2.30. The molecular weight excluding hydrogens is 314 g/mol. The highest BCUT2D eigenvalue weighted by molar-refractivity contribution is 5.41. The van der Waals surface area contributed by atoms with Crippen molar-refractivity contribution in [2.24, 2.45) is 13.0 Å². The summed E-state index contributed by atoms with van der Waals surface area (Å²) in [6, 6.07) is 4.16. The number of imidazole rings is 2. The van der Waals surface area contributed by atoms with Crippen molar-refractivity contribution in [3.63, 3.8) is 0 Å². The molecule has 6 nitrogen and oxygen atoms in total. The van der Waals surface area contributed by atoms with Gasteiger partial charge in [-0.05, 0) is 50.4 Å². The number of pyridine rings is 1. The lowest BCUT2D eigenvalue weighted by Crippen LogP contribution is -2.35. The molecule has 1 saturated heterocycles. The molecule has 0 radical (unpaired) electrons. The van der Waals surface area contributed by atoms with Gasteiger partial charge < -0.3 is 14.1 Å². The zero-order valence-corrected chi connectivity index (χ0v) is 14.8. The number of hydrogen-bond acceptors (Lipinski definition) is 4. The van der Waals surface area contributed by atoms with Crippen LogP contribution in [0.1, 0.15) is 36.0 Å². The summed E-state index contributed by atoms with van der Waals surface area (Å²) in [6.07, 6.45) is 9.27. The molecule has 1 fully saturated rings. The third kappa shape index (κ3) is 3.19. The molecule has 132 valence electrons. The molecule has 4 rings (SSSR count). The predicted octanol–water partition coefficient (Wildman–Crippen LogP) is 2.32.